The van der Waals surface area contributed by atoms with Gasteiger partial charge in [0.2, 0.25) is 5.91 Å². The summed E-state index contributed by atoms with van der Waals surface area (Å²) >= 11 is 0. The van der Waals surface area contributed by atoms with Crippen molar-refractivity contribution in [3.05, 3.63) is 65.7 Å². The zero-order valence-corrected chi connectivity index (χ0v) is 17.3. The van der Waals surface area contributed by atoms with Gasteiger partial charge in [-0.2, -0.15) is 0 Å². The second-order valence-electron chi connectivity index (χ2n) is 7.55. The Morgan fingerprint density at radius 1 is 1.07 bits per heavy atom. The first kappa shape index (κ1) is 22.2. The largest absolute Gasteiger partial charge is 0.494 e. The van der Waals surface area contributed by atoms with E-state index < -0.39 is 11.4 Å². The highest BCUT2D eigenvalue weighted by molar-refractivity contribution is 5.95. The molecule has 2 aromatic rings. The third-order valence-corrected chi connectivity index (χ3v) is 4.74. The van der Waals surface area contributed by atoms with E-state index in [-0.39, 0.29) is 5.91 Å². The highest BCUT2D eigenvalue weighted by atomic mass is 16.5. The van der Waals surface area contributed by atoms with Gasteiger partial charge in [-0.05, 0) is 55.2 Å². The minimum Gasteiger partial charge on any atom is -0.494 e. The Bertz CT molecular complexity index is 839. The van der Waals surface area contributed by atoms with Crippen LogP contribution < -0.4 is 10.1 Å². The number of carboxylic acids is 1. The van der Waals surface area contributed by atoms with Gasteiger partial charge in [-0.15, -0.1) is 0 Å². The fourth-order valence-electron chi connectivity index (χ4n) is 2.81. The summed E-state index contributed by atoms with van der Waals surface area (Å²) in [6.45, 7) is 6.21. The average molecular weight is 395 g/mol. The second-order valence-corrected chi connectivity index (χ2v) is 7.55. The van der Waals surface area contributed by atoms with Crippen molar-refractivity contribution in [2.24, 2.45) is 5.41 Å². The average Bonchev–Trinajstić information content (AvgIpc) is 2.71. The maximum absolute atomic E-state index is 12.7. The summed E-state index contributed by atoms with van der Waals surface area (Å²) in [4.78, 5) is 23.8. The molecule has 0 bridgehead atoms. The highest BCUT2D eigenvalue weighted by Crippen LogP contribution is 2.25. The highest BCUT2D eigenvalue weighted by Gasteiger charge is 2.27. The first-order valence-corrected chi connectivity index (χ1v) is 9.85. The van der Waals surface area contributed by atoms with E-state index >= 15 is 0 Å². The number of benzene rings is 2. The van der Waals surface area contributed by atoms with Crippen LogP contribution >= 0.6 is 0 Å². The maximum Gasteiger partial charge on any atom is 0.331 e. The summed E-state index contributed by atoms with van der Waals surface area (Å²) in [6, 6.07) is 16.8. The van der Waals surface area contributed by atoms with Gasteiger partial charge >= 0.3 is 5.97 Å². The molecule has 0 aromatic heterocycles. The van der Waals surface area contributed by atoms with Crippen LogP contribution in [0.4, 0.5) is 5.69 Å². The molecule has 0 spiro atoms. The summed E-state index contributed by atoms with van der Waals surface area (Å²) in [6.07, 6.45) is 3.57. The zero-order valence-electron chi connectivity index (χ0n) is 17.3. The molecule has 2 aromatic carbocycles. The molecule has 0 aliphatic heterocycles. The molecule has 0 saturated heterocycles. The molecular weight excluding hydrogens is 366 g/mol. The van der Waals surface area contributed by atoms with Gasteiger partial charge < -0.3 is 15.2 Å². The van der Waals surface area contributed by atoms with E-state index in [2.05, 4.69) is 5.32 Å². The summed E-state index contributed by atoms with van der Waals surface area (Å²) in [5.74, 6) is -0.138. The molecule has 0 radical (unpaired) electrons. The molecule has 0 unspecified atom stereocenters. The Morgan fingerprint density at radius 2 is 1.72 bits per heavy atom. The molecule has 1 amide bonds. The predicted molar refractivity (Wildman–Crippen MR) is 116 cm³/mol. The van der Waals surface area contributed by atoms with Gasteiger partial charge in [0.25, 0.3) is 0 Å². The van der Waals surface area contributed by atoms with Gasteiger partial charge in [-0.3, -0.25) is 4.79 Å². The molecule has 154 valence electrons. The lowest BCUT2D eigenvalue weighted by molar-refractivity contribution is -0.132. The van der Waals surface area contributed by atoms with Crippen LogP contribution in [0.1, 0.15) is 45.6 Å². The standard InChI is InChI=1S/C24H29NO4/c1-4-19(22(26)27)17-18-11-13-20(14-12-18)25-23(28)24(2,3)15-8-16-29-21-9-6-5-7-10-21/h5-7,9-14,17H,4,8,15-16H2,1-3H3,(H,25,28)(H,26,27)/b19-17+. The second kappa shape index (κ2) is 10.5. The van der Waals surface area contributed by atoms with E-state index in [1.54, 1.807) is 30.3 Å². The quantitative estimate of drug-likeness (QED) is 0.418. The summed E-state index contributed by atoms with van der Waals surface area (Å²) in [5, 5.41) is 12.1. The first-order valence-electron chi connectivity index (χ1n) is 9.85. The molecule has 2 N–H and O–H groups in total. The van der Waals surface area contributed by atoms with E-state index in [1.807, 2.05) is 51.1 Å². The van der Waals surface area contributed by atoms with E-state index in [4.69, 9.17) is 9.84 Å². The van der Waals surface area contributed by atoms with Gasteiger partial charge in [-0.1, -0.05) is 51.1 Å². The molecular formula is C24H29NO4. The molecule has 5 heteroatoms. The Labute approximate surface area is 172 Å². The number of nitrogens with one attached hydrogen (secondary N) is 1. The molecule has 0 aliphatic rings. The Morgan fingerprint density at radius 3 is 2.31 bits per heavy atom. The van der Waals surface area contributed by atoms with Gasteiger partial charge in [0, 0.05) is 16.7 Å². The van der Waals surface area contributed by atoms with Gasteiger partial charge in [-0.25, -0.2) is 4.79 Å². The molecule has 0 saturated carbocycles. The number of aliphatic carboxylic acids is 1. The number of rotatable bonds is 10. The van der Waals surface area contributed by atoms with Crippen LogP contribution in [0.15, 0.2) is 60.2 Å². The normalized spacial score (nSPS) is 11.8. The van der Waals surface area contributed by atoms with Crippen LogP contribution in [0, 0.1) is 5.41 Å². The molecule has 0 fully saturated rings. The lowest BCUT2D eigenvalue weighted by Gasteiger charge is -2.23. The molecule has 2 rings (SSSR count). The molecule has 0 atom stereocenters. The third-order valence-electron chi connectivity index (χ3n) is 4.74. The van der Waals surface area contributed by atoms with Crippen LogP contribution in [0.3, 0.4) is 0 Å². The number of hydrogen-bond donors (Lipinski definition) is 2. The minimum atomic E-state index is -0.914. The number of carboxylic acid groups (broad SMARTS) is 1. The van der Waals surface area contributed by atoms with E-state index in [0.717, 1.165) is 17.7 Å². The number of carbonyl (C=O) groups is 2. The van der Waals surface area contributed by atoms with E-state index in [0.29, 0.717) is 30.7 Å². The first-order chi connectivity index (χ1) is 13.8. The summed E-state index contributed by atoms with van der Waals surface area (Å²) in [7, 11) is 0. The predicted octanol–water partition coefficient (Wildman–Crippen LogP) is 5.39. The van der Waals surface area contributed by atoms with Gasteiger partial charge in [0.05, 0.1) is 6.61 Å². The van der Waals surface area contributed by atoms with Crippen LogP contribution in [0.5, 0.6) is 5.75 Å². The van der Waals surface area contributed by atoms with Crippen LogP contribution in [0.25, 0.3) is 6.08 Å². The van der Waals surface area contributed by atoms with Crippen LogP contribution in [-0.2, 0) is 9.59 Å². The van der Waals surface area contributed by atoms with Crippen molar-refractivity contribution in [2.75, 3.05) is 11.9 Å². The van der Waals surface area contributed by atoms with Crippen molar-refractivity contribution in [3.8, 4) is 5.75 Å². The fraction of sp³-hybridized carbons (Fsp3) is 0.333. The SMILES string of the molecule is CC/C(=C\c1ccc(NC(=O)C(C)(C)CCCOc2ccccc2)cc1)C(=O)O. The Hall–Kier alpha value is -3.08. The number of amides is 1. The molecule has 0 heterocycles. The number of carbonyl (C=O) groups excluding carboxylic acids is 1. The lowest BCUT2D eigenvalue weighted by Crippen LogP contribution is -2.31. The van der Waals surface area contributed by atoms with Crippen molar-refractivity contribution in [1.29, 1.82) is 0 Å². The molecule has 0 aliphatic carbocycles. The molecule has 5 nitrogen and oxygen atoms in total. The van der Waals surface area contributed by atoms with Gasteiger partial charge in [0.1, 0.15) is 5.75 Å². The van der Waals surface area contributed by atoms with Crippen molar-refractivity contribution in [1.82, 2.24) is 0 Å². The number of hydrogen-bond acceptors (Lipinski definition) is 3. The monoisotopic (exact) mass is 395 g/mol. The van der Waals surface area contributed by atoms with Crippen molar-refractivity contribution < 1.29 is 19.4 Å². The van der Waals surface area contributed by atoms with Crippen molar-refractivity contribution >= 4 is 23.6 Å². The lowest BCUT2D eigenvalue weighted by atomic mass is 9.87. The third kappa shape index (κ3) is 7.11. The summed E-state index contributed by atoms with van der Waals surface area (Å²) < 4.78 is 5.69. The van der Waals surface area contributed by atoms with Crippen molar-refractivity contribution in [2.45, 2.75) is 40.0 Å². The fourth-order valence-corrected chi connectivity index (χ4v) is 2.81. The van der Waals surface area contributed by atoms with E-state index in [1.165, 1.54) is 0 Å². The Kier molecular flexibility index (Phi) is 8.01. The van der Waals surface area contributed by atoms with Crippen molar-refractivity contribution in [3.63, 3.8) is 0 Å². The topological polar surface area (TPSA) is 75.6 Å². The smallest absolute Gasteiger partial charge is 0.331 e. The number of para-hydroxylation sites is 1. The van der Waals surface area contributed by atoms with Gasteiger partial charge in [0.15, 0.2) is 0 Å². The van der Waals surface area contributed by atoms with Crippen LogP contribution in [-0.4, -0.2) is 23.6 Å². The summed E-state index contributed by atoms with van der Waals surface area (Å²) in [5.41, 5.74) is 1.30. The maximum atomic E-state index is 12.7. The van der Waals surface area contributed by atoms with E-state index in [9.17, 15) is 9.59 Å². The molecule has 29 heavy (non-hydrogen) atoms. The number of ether oxygens (including phenoxy) is 1. The number of anilines is 1. The Balaban J connectivity index is 1.86. The zero-order chi connectivity index (χ0) is 21.3. The minimum absolute atomic E-state index is 0.0553. The van der Waals surface area contributed by atoms with Crippen LogP contribution in [0.2, 0.25) is 0 Å².